The number of carbonyl (C=O) groups excluding carboxylic acids is 1. The molecule has 25 heavy (non-hydrogen) atoms. The fraction of sp³-hybridized carbons (Fsp3) is 0.381. The van der Waals surface area contributed by atoms with Crippen LogP contribution in [-0.4, -0.2) is 12.5 Å². The summed E-state index contributed by atoms with van der Waals surface area (Å²) >= 11 is 0. The van der Waals surface area contributed by atoms with Gasteiger partial charge in [-0.05, 0) is 66.5 Å². The summed E-state index contributed by atoms with van der Waals surface area (Å²) in [5.41, 5.74) is 4.79. The van der Waals surface area contributed by atoms with Crippen LogP contribution in [0.15, 0.2) is 36.4 Å². The molecular weight excluding hydrogens is 315 g/mol. The van der Waals surface area contributed by atoms with Gasteiger partial charge in [0.1, 0.15) is 5.82 Å². The van der Waals surface area contributed by atoms with Gasteiger partial charge in [-0.3, -0.25) is 4.79 Å². The maximum atomic E-state index is 14.6. The molecule has 0 saturated carbocycles. The summed E-state index contributed by atoms with van der Waals surface area (Å²) in [7, 11) is 0. The second-order valence-electron chi connectivity index (χ2n) is 7.12. The third kappa shape index (κ3) is 3.45. The monoisotopic (exact) mass is 338 g/mol. The highest BCUT2D eigenvalue weighted by atomic mass is 19.1. The Bertz CT molecular complexity index is 802. The molecule has 4 rings (SSSR count). The molecule has 1 atom stereocenters. The molecule has 1 aliphatic carbocycles. The second-order valence-corrected chi connectivity index (χ2v) is 7.12. The summed E-state index contributed by atoms with van der Waals surface area (Å²) in [5.74, 6) is -0.0155. The maximum absolute atomic E-state index is 14.6. The predicted octanol–water partition coefficient (Wildman–Crippen LogP) is 3.61. The molecule has 1 unspecified atom stereocenters. The third-order valence-corrected chi connectivity index (χ3v) is 5.40. The van der Waals surface area contributed by atoms with Gasteiger partial charge in [-0.1, -0.05) is 30.3 Å². The number of aryl methyl sites for hydroxylation is 1. The Balaban J connectivity index is 1.42. The van der Waals surface area contributed by atoms with Crippen LogP contribution in [-0.2, 0) is 30.6 Å². The van der Waals surface area contributed by atoms with Crippen LogP contribution in [0, 0.1) is 11.7 Å². The average Bonchev–Trinajstić information content (AvgIpc) is 2.64. The first kappa shape index (κ1) is 16.3. The van der Waals surface area contributed by atoms with E-state index in [4.69, 9.17) is 0 Å². The molecule has 1 aliphatic heterocycles. The molecule has 1 amide bonds. The minimum Gasteiger partial charge on any atom is -0.324 e. The number of hydrogen-bond donors (Lipinski definition) is 2. The van der Waals surface area contributed by atoms with Gasteiger partial charge in [-0.15, -0.1) is 0 Å². The number of nitrogens with one attached hydrogen (secondary N) is 2. The Morgan fingerprint density at radius 2 is 1.96 bits per heavy atom. The second kappa shape index (κ2) is 6.96. The van der Waals surface area contributed by atoms with E-state index in [9.17, 15) is 9.18 Å². The Hall–Kier alpha value is -2.20. The lowest BCUT2D eigenvalue weighted by atomic mass is 9.82. The molecule has 2 N–H and O–H groups in total. The number of amides is 1. The van der Waals surface area contributed by atoms with Crippen molar-refractivity contribution in [2.75, 3.05) is 11.9 Å². The van der Waals surface area contributed by atoms with Crippen molar-refractivity contribution in [3.8, 4) is 0 Å². The van der Waals surface area contributed by atoms with Crippen molar-refractivity contribution in [3.63, 3.8) is 0 Å². The maximum Gasteiger partial charge on any atom is 0.224 e. The first-order chi connectivity index (χ1) is 12.2. The van der Waals surface area contributed by atoms with Gasteiger partial charge in [0.05, 0.1) is 5.69 Å². The van der Waals surface area contributed by atoms with Crippen LogP contribution in [0.5, 0.6) is 0 Å². The molecule has 0 spiro atoms. The standard InChI is InChI=1S/C21H23FN2O/c22-21-18-9-10-23-13-17(18)7-8-19(21)24-20(25)12-14-5-6-15-3-1-2-4-16(15)11-14/h1-4,7-8,14,23H,5-6,9-13H2,(H,24,25). The molecule has 0 aromatic heterocycles. The third-order valence-electron chi connectivity index (χ3n) is 5.40. The lowest BCUT2D eigenvalue weighted by molar-refractivity contribution is -0.117. The fourth-order valence-electron chi connectivity index (χ4n) is 4.04. The van der Waals surface area contributed by atoms with E-state index in [1.165, 1.54) is 11.1 Å². The van der Waals surface area contributed by atoms with Crippen LogP contribution >= 0.6 is 0 Å². The quantitative estimate of drug-likeness (QED) is 0.898. The molecule has 2 aliphatic rings. The van der Waals surface area contributed by atoms with Crippen LogP contribution in [0.3, 0.4) is 0 Å². The van der Waals surface area contributed by atoms with E-state index < -0.39 is 0 Å². The Morgan fingerprint density at radius 1 is 1.12 bits per heavy atom. The van der Waals surface area contributed by atoms with Crippen molar-refractivity contribution >= 4 is 11.6 Å². The Morgan fingerprint density at radius 3 is 2.84 bits per heavy atom. The lowest BCUT2D eigenvalue weighted by Gasteiger charge is -2.24. The number of benzene rings is 2. The predicted molar refractivity (Wildman–Crippen MR) is 97.0 cm³/mol. The van der Waals surface area contributed by atoms with Gasteiger partial charge in [-0.25, -0.2) is 4.39 Å². The molecule has 4 heteroatoms. The zero-order valence-corrected chi connectivity index (χ0v) is 14.3. The summed E-state index contributed by atoms with van der Waals surface area (Å²) in [6, 6.07) is 12.0. The number of rotatable bonds is 3. The molecule has 1 heterocycles. The van der Waals surface area contributed by atoms with Gasteiger partial charge >= 0.3 is 0 Å². The topological polar surface area (TPSA) is 41.1 Å². The van der Waals surface area contributed by atoms with Gasteiger partial charge in [0.15, 0.2) is 0 Å². The molecule has 0 radical (unpaired) electrons. The van der Waals surface area contributed by atoms with Gasteiger partial charge in [0, 0.05) is 13.0 Å². The number of halogens is 1. The van der Waals surface area contributed by atoms with Gasteiger partial charge < -0.3 is 10.6 Å². The molecule has 3 nitrogen and oxygen atoms in total. The molecule has 0 saturated heterocycles. The van der Waals surface area contributed by atoms with E-state index in [1.807, 2.05) is 6.07 Å². The Kier molecular flexibility index (Phi) is 4.53. The van der Waals surface area contributed by atoms with Gasteiger partial charge in [0.2, 0.25) is 5.91 Å². The van der Waals surface area contributed by atoms with E-state index >= 15 is 0 Å². The van der Waals surface area contributed by atoms with Crippen LogP contribution in [0.2, 0.25) is 0 Å². The van der Waals surface area contributed by atoms with Crippen LogP contribution in [0.25, 0.3) is 0 Å². The molecule has 2 aromatic carbocycles. The largest absolute Gasteiger partial charge is 0.324 e. The number of fused-ring (bicyclic) bond motifs is 2. The summed E-state index contributed by atoms with van der Waals surface area (Å²) in [4.78, 5) is 12.4. The smallest absolute Gasteiger partial charge is 0.224 e. The Labute approximate surface area is 147 Å². The van der Waals surface area contributed by atoms with E-state index in [-0.39, 0.29) is 11.7 Å². The molecule has 0 bridgehead atoms. The van der Waals surface area contributed by atoms with Crippen molar-refractivity contribution < 1.29 is 9.18 Å². The van der Waals surface area contributed by atoms with Crippen molar-refractivity contribution in [2.24, 2.45) is 5.92 Å². The van der Waals surface area contributed by atoms with E-state index in [2.05, 4.69) is 34.9 Å². The highest BCUT2D eigenvalue weighted by Gasteiger charge is 2.22. The zero-order valence-electron chi connectivity index (χ0n) is 14.3. The highest BCUT2D eigenvalue weighted by molar-refractivity contribution is 5.91. The molecular formula is C21H23FN2O. The van der Waals surface area contributed by atoms with Crippen LogP contribution < -0.4 is 10.6 Å². The minimum atomic E-state index is -0.263. The molecule has 0 fully saturated rings. The van der Waals surface area contributed by atoms with Gasteiger partial charge in [-0.2, -0.15) is 0 Å². The first-order valence-corrected chi connectivity index (χ1v) is 9.08. The number of carbonyl (C=O) groups is 1. The molecule has 2 aromatic rings. The summed E-state index contributed by atoms with van der Waals surface area (Å²) in [5, 5.41) is 6.03. The van der Waals surface area contributed by atoms with Crippen molar-refractivity contribution in [1.29, 1.82) is 0 Å². The van der Waals surface area contributed by atoms with Crippen molar-refractivity contribution in [3.05, 3.63) is 64.5 Å². The summed E-state index contributed by atoms with van der Waals surface area (Å²) in [6.45, 7) is 1.48. The average molecular weight is 338 g/mol. The lowest BCUT2D eigenvalue weighted by Crippen LogP contribution is -2.26. The highest BCUT2D eigenvalue weighted by Crippen LogP contribution is 2.29. The summed E-state index contributed by atoms with van der Waals surface area (Å²) < 4.78 is 14.6. The first-order valence-electron chi connectivity index (χ1n) is 9.08. The number of anilines is 1. The van der Waals surface area contributed by atoms with E-state index in [0.29, 0.717) is 31.0 Å². The van der Waals surface area contributed by atoms with Crippen molar-refractivity contribution in [1.82, 2.24) is 5.32 Å². The van der Waals surface area contributed by atoms with Crippen LogP contribution in [0.1, 0.15) is 35.1 Å². The number of hydrogen-bond acceptors (Lipinski definition) is 2. The van der Waals surface area contributed by atoms with Crippen molar-refractivity contribution in [2.45, 2.75) is 38.6 Å². The molecule has 130 valence electrons. The zero-order chi connectivity index (χ0) is 17.2. The van der Waals surface area contributed by atoms with Gasteiger partial charge in [0.25, 0.3) is 0 Å². The SMILES string of the molecule is O=C(CC1CCc2ccccc2C1)Nc1ccc2c(c1F)CCNC2. The van der Waals surface area contributed by atoms with E-state index in [1.54, 1.807) is 6.07 Å². The normalized spacial score (nSPS) is 19.0. The fourth-order valence-corrected chi connectivity index (χ4v) is 4.04. The summed E-state index contributed by atoms with van der Waals surface area (Å²) in [6.07, 6.45) is 4.09. The minimum absolute atomic E-state index is 0.0860. The van der Waals surface area contributed by atoms with E-state index in [0.717, 1.165) is 36.9 Å². The van der Waals surface area contributed by atoms with Crippen LogP contribution in [0.4, 0.5) is 10.1 Å².